The van der Waals surface area contributed by atoms with Crippen LogP contribution in [0, 0.1) is 12.3 Å². The molecule has 1 aromatic heterocycles. The van der Waals surface area contributed by atoms with E-state index in [2.05, 4.69) is 15.5 Å². The predicted molar refractivity (Wildman–Crippen MR) is 63.0 cm³/mol. The van der Waals surface area contributed by atoms with Crippen LogP contribution in [-0.4, -0.2) is 22.6 Å². The van der Waals surface area contributed by atoms with Gasteiger partial charge in [0.1, 0.15) is 0 Å². The van der Waals surface area contributed by atoms with E-state index in [1.54, 1.807) is 6.92 Å². The lowest BCUT2D eigenvalue weighted by molar-refractivity contribution is -0.131. The first-order chi connectivity index (χ1) is 8.07. The molecule has 1 amide bonds. The van der Waals surface area contributed by atoms with Gasteiger partial charge in [-0.05, 0) is 12.8 Å². The molecule has 0 aliphatic heterocycles. The molecule has 0 fully saturated rings. The molecule has 0 aromatic carbocycles. The van der Waals surface area contributed by atoms with Crippen LogP contribution in [0.2, 0.25) is 0 Å². The SMILES string of the molecule is CCC(CC)(CN)C(=O)NCc1noc(C)n1. The van der Waals surface area contributed by atoms with Crippen molar-refractivity contribution in [1.29, 1.82) is 0 Å². The molecule has 0 aliphatic carbocycles. The molecule has 0 saturated heterocycles. The number of carbonyl (C=O) groups is 1. The minimum absolute atomic E-state index is 0.0487. The van der Waals surface area contributed by atoms with E-state index in [0.29, 0.717) is 18.3 Å². The number of hydrogen-bond acceptors (Lipinski definition) is 5. The molecular weight excluding hydrogens is 220 g/mol. The number of nitrogens with one attached hydrogen (secondary N) is 1. The van der Waals surface area contributed by atoms with Crippen LogP contribution in [0.5, 0.6) is 0 Å². The predicted octanol–water partition coefficient (Wildman–Crippen LogP) is 0.759. The highest BCUT2D eigenvalue weighted by Gasteiger charge is 2.33. The lowest BCUT2D eigenvalue weighted by Gasteiger charge is -2.28. The summed E-state index contributed by atoms with van der Waals surface area (Å²) in [6.45, 7) is 6.26. The third-order valence-corrected chi connectivity index (χ3v) is 3.20. The van der Waals surface area contributed by atoms with Gasteiger partial charge in [-0.2, -0.15) is 4.98 Å². The van der Waals surface area contributed by atoms with Crippen molar-refractivity contribution in [1.82, 2.24) is 15.5 Å². The van der Waals surface area contributed by atoms with Crippen LogP contribution in [0.3, 0.4) is 0 Å². The zero-order chi connectivity index (χ0) is 12.9. The van der Waals surface area contributed by atoms with Crippen LogP contribution in [0.25, 0.3) is 0 Å². The Labute approximate surface area is 101 Å². The quantitative estimate of drug-likeness (QED) is 0.765. The maximum atomic E-state index is 12.1. The lowest BCUT2D eigenvalue weighted by Crippen LogP contribution is -2.45. The largest absolute Gasteiger partial charge is 0.348 e. The van der Waals surface area contributed by atoms with E-state index in [1.165, 1.54) is 0 Å². The van der Waals surface area contributed by atoms with Gasteiger partial charge in [-0.15, -0.1) is 0 Å². The van der Waals surface area contributed by atoms with Gasteiger partial charge in [0.05, 0.1) is 12.0 Å². The van der Waals surface area contributed by atoms with Crippen molar-refractivity contribution < 1.29 is 9.32 Å². The molecule has 0 aliphatic rings. The average molecular weight is 240 g/mol. The molecule has 1 rings (SSSR count). The Morgan fingerprint density at radius 1 is 1.47 bits per heavy atom. The fraction of sp³-hybridized carbons (Fsp3) is 0.727. The Balaban J connectivity index is 2.59. The molecule has 6 heteroatoms. The Kier molecular flexibility index (Phi) is 4.62. The third-order valence-electron chi connectivity index (χ3n) is 3.20. The standard InChI is InChI=1S/C11H20N4O2/c1-4-11(5-2,7-12)10(16)13-6-9-14-8(3)17-15-9/h4-7,12H2,1-3H3,(H,13,16). The number of amides is 1. The molecule has 17 heavy (non-hydrogen) atoms. The molecule has 1 aromatic rings. The summed E-state index contributed by atoms with van der Waals surface area (Å²) in [7, 11) is 0. The van der Waals surface area contributed by atoms with Crippen LogP contribution in [0.15, 0.2) is 4.52 Å². The smallest absolute Gasteiger partial charge is 0.227 e. The van der Waals surface area contributed by atoms with Crippen molar-refractivity contribution in [3.05, 3.63) is 11.7 Å². The van der Waals surface area contributed by atoms with Crippen LogP contribution in [-0.2, 0) is 11.3 Å². The summed E-state index contributed by atoms with van der Waals surface area (Å²) in [4.78, 5) is 16.1. The minimum atomic E-state index is -0.487. The van der Waals surface area contributed by atoms with Gasteiger partial charge in [0.25, 0.3) is 0 Å². The van der Waals surface area contributed by atoms with Gasteiger partial charge in [-0.1, -0.05) is 19.0 Å². The zero-order valence-electron chi connectivity index (χ0n) is 10.6. The Morgan fingerprint density at radius 3 is 2.53 bits per heavy atom. The number of nitrogens with zero attached hydrogens (tertiary/aromatic N) is 2. The molecule has 96 valence electrons. The van der Waals surface area contributed by atoms with Crippen LogP contribution < -0.4 is 11.1 Å². The molecular formula is C11H20N4O2. The van der Waals surface area contributed by atoms with E-state index in [-0.39, 0.29) is 12.5 Å². The minimum Gasteiger partial charge on any atom is -0.348 e. The summed E-state index contributed by atoms with van der Waals surface area (Å²) in [5.74, 6) is 0.923. The average Bonchev–Trinajstić information content (AvgIpc) is 2.75. The fourth-order valence-corrected chi connectivity index (χ4v) is 1.71. The van der Waals surface area contributed by atoms with Crippen LogP contribution in [0.1, 0.15) is 38.4 Å². The number of rotatable bonds is 6. The van der Waals surface area contributed by atoms with Crippen molar-refractivity contribution in [2.75, 3.05) is 6.54 Å². The van der Waals surface area contributed by atoms with E-state index in [0.717, 1.165) is 12.8 Å². The van der Waals surface area contributed by atoms with Gasteiger partial charge < -0.3 is 15.6 Å². The topological polar surface area (TPSA) is 94.0 Å². The number of aromatic nitrogens is 2. The van der Waals surface area contributed by atoms with E-state index in [9.17, 15) is 4.79 Å². The van der Waals surface area contributed by atoms with Crippen molar-refractivity contribution in [2.45, 2.75) is 40.2 Å². The van der Waals surface area contributed by atoms with Gasteiger partial charge in [-0.25, -0.2) is 0 Å². The van der Waals surface area contributed by atoms with Gasteiger partial charge in [-0.3, -0.25) is 4.79 Å². The van der Waals surface area contributed by atoms with Crippen molar-refractivity contribution in [2.24, 2.45) is 11.1 Å². The Bertz CT molecular complexity index is 363. The van der Waals surface area contributed by atoms with Crippen molar-refractivity contribution in [3.8, 4) is 0 Å². The van der Waals surface area contributed by atoms with Gasteiger partial charge >= 0.3 is 0 Å². The fourth-order valence-electron chi connectivity index (χ4n) is 1.71. The Morgan fingerprint density at radius 2 is 2.12 bits per heavy atom. The second-order valence-electron chi connectivity index (χ2n) is 4.10. The van der Waals surface area contributed by atoms with Gasteiger partial charge in [0.15, 0.2) is 5.82 Å². The summed E-state index contributed by atoms with van der Waals surface area (Å²) in [5, 5.41) is 6.52. The zero-order valence-corrected chi connectivity index (χ0v) is 10.6. The summed E-state index contributed by atoms with van der Waals surface area (Å²) >= 11 is 0. The van der Waals surface area contributed by atoms with Gasteiger partial charge in [0.2, 0.25) is 11.8 Å². The highest BCUT2D eigenvalue weighted by Crippen LogP contribution is 2.24. The van der Waals surface area contributed by atoms with E-state index in [1.807, 2.05) is 13.8 Å². The number of hydrogen-bond donors (Lipinski definition) is 2. The molecule has 0 unspecified atom stereocenters. The second kappa shape index (κ2) is 5.77. The first-order valence-corrected chi connectivity index (χ1v) is 5.85. The van der Waals surface area contributed by atoms with E-state index >= 15 is 0 Å². The normalized spacial score (nSPS) is 11.5. The molecule has 1 heterocycles. The van der Waals surface area contributed by atoms with Crippen LogP contribution >= 0.6 is 0 Å². The highest BCUT2D eigenvalue weighted by atomic mass is 16.5. The van der Waals surface area contributed by atoms with E-state index in [4.69, 9.17) is 10.3 Å². The third kappa shape index (κ3) is 3.03. The maximum Gasteiger partial charge on any atom is 0.227 e. The number of carbonyl (C=O) groups excluding carboxylic acids is 1. The lowest BCUT2D eigenvalue weighted by atomic mass is 9.81. The molecule has 3 N–H and O–H groups in total. The van der Waals surface area contributed by atoms with Crippen molar-refractivity contribution >= 4 is 5.91 Å². The van der Waals surface area contributed by atoms with Crippen molar-refractivity contribution in [3.63, 3.8) is 0 Å². The summed E-state index contributed by atoms with van der Waals surface area (Å²) < 4.78 is 4.82. The summed E-state index contributed by atoms with van der Waals surface area (Å²) in [6.07, 6.45) is 1.44. The van der Waals surface area contributed by atoms with Crippen LogP contribution in [0.4, 0.5) is 0 Å². The first kappa shape index (κ1) is 13.6. The second-order valence-corrected chi connectivity index (χ2v) is 4.10. The monoisotopic (exact) mass is 240 g/mol. The molecule has 6 nitrogen and oxygen atoms in total. The number of nitrogens with two attached hydrogens (primary N) is 1. The molecule has 0 bridgehead atoms. The molecule has 0 saturated carbocycles. The van der Waals surface area contributed by atoms with Gasteiger partial charge in [0, 0.05) is 13.5 Å². The summed E-state index contributed by atoms with van der Waals surface area (Å²) in [6, 6.07) is 0. The highest BCUT2D eigenvalue weighted by molar-refractivity contribution is 5.82. The number of aryl methyl sites for hydroxylation is 1. The summed E-state index contributed by atoms with van der Waals surface area (Å²) in [5.41, 5.74) is 5.20. The molecule has 0 atom stereocenters. The molecule has 0 spiro atoms. The van der Waals surface area contributed by atoms with E-state index < -0.39 is 5.41 Å². The maximum absolute atomic E-state index is 12.1. The first-order valence-electron chi connectivity index (χ1n) is 5.85. The Hall–Kier alpha value is -1.43. The molecule has 0 radical (unpaired) electrons.